The molecule has 72 valence electrons. The van der Waals surface area contributed by atoms with Crippen LogP contribution in [0.3, 0.4) is 0 Å². The highest BCUT2D eigenvalue weighted by Gasteiger charge is 2.07. The number of halogens is 1. The Balaban J connectivity index is 2.52. The van der Waals surface area contributed by atoms with Gasteiger partial charge in [-0.05, 0) is 24.6 Å². The topological polar surface area (TPSA) is 67.6 Å². The first-order chi connectivity index (χ1) is 6.66. The molecule has 14 heavy (non-hydrogen) atoms. The molecule has 1 heterocycles. The molecule has 0 atom stereocenters. The number of benzene rings is 1. The van der Waals surface area contributed by atoms with Crippen molar-refractivity contribution in [3.05, 3.63) is 28.8 Å². The lowest BCUT2D eigenvalue weighted by Crippen LogP contribution is -1.86. The number of aryl methyl sites for hydroxylation is 1. The van der Waals surface area contributed by atoms with E-state index in [1.165, 1.54) is 0 Å². The second-order valence-corrected chi connectivity index (χ2v) is 3.43. The lowest BCUT2D eigenvalue weighted by atomic mass is 10.1. The molecule has 0 amide bonds. The zero-order chi connectivity index (χ0) is 10.1. The lowest BCUT2D eigenvalue weighted by molar-refractivity contribution is 1.10. The van der Waals surface area contributed by atoms with Crippen molar-refractivity contribution in [3.63, 3.8) is 0 Å². The van der Waals surface area contributed by atoms with Crippen molar-refractivity contribution in [1.29, 1.82) is 0 Å². The van der Waals surface area contributed by atoms with E-state index in [1.807, 2.05) is 25.1 Å². The Morgan fingerprint density at radius 1 is 1.43 bits per heavy atom. The molecule has 0 fully saturated rings. The molecule has 0 aliphatic carbocycles. The fourth-order valence-corrected chi connectivity index (χ4v) is 1.53. The number of nitrogens with one attached hydrogen (secondary N) is 1. The quantitative estimate of drug-likeness (QED) is 0.754. The van der Waals surface area contributed by atoms with Crippen molar-refractivity contribution in [3.8, 4) is 11.4 Å². The van der Waals surface area contributed by atoms with Crippen LogP contribution in [0, 0.1) is 6.92 Å². The maximum atomic E-state index is 6.04. The zero-order valence-corrected chi connectivity index (χ0v) is 8.34. The summed E-state index contributed by atoms with van der Waals surface area (Å²) in [6.07, 6.45) is 0. The molecule has 5 heteroatoms. The van der Waals surface area contributed by atoms with E-state index in [0.29, 0.717) is 10.8 Å². The van der Waals surface area contributed by atoms with Gasteiger partial charge >= 0.3 is 0 Å². The van der Waals surface area contributed by atoms with E-state index in [2.05, 4.69) is 15.2 Å². The molecule has 0 saturated carbocycles. The van der Waals surface area contributed by atoms with E-state index in [4.69, 9.17) is 17.3 Å². The number of aromatic nitrogens is 3. The highest BCUT2D eigenvalue weighted by molar-refractivity contribution is 6.33. The number of aromatic amines is 1. The van der Waals surface area contributed by atoms with Crippen molar-refractivity contribution in [1.82, 2.24) is 15.2 Å². The summed E-state index contributed by atoms with van der Waals surface area (Å²) in [5, 5.41) is 7.09. The van der Waals surface area contributed by atoms with Crippen LogP contribution in [-0.4, -0.2) is 15.2 Å². The summed E-state index contributed by atoms with van der Waals surface area (Å²) in [7, 11) is 0. The van der Waals surface area contributed by atoms with Gasteiger partial charge in [0, 0.05) is 5.56 Å². The van der Waals surface area contributed by atoms with E-state index in [-0.39, 0.29) is 5.95 Å². The van der Waals surface area contributed by atoms with Crippen molar-refractivity contribution in [2.24, 2.45) is 0 Å². The van der Waals surface area contributed by atoms with E-state index in [9.17, 15) is 0 Å². The Morgan fingerprint density at radius 3 is 2.79 bits per heavy atom. The van der Waals surface area contributed by atoms with Gasteiger partial charge in [-0.3, -0.25) is 5.10 Å². The second-order valence-electron chi connectivity index (χ2n) is 3.03. The molecule has 2 aromatic rings. The van der Waals surface area contributed by atoms with Gasteiger partial charge in [0.15, 0.2) is 5.82 Å². The molecule has 4 nitrogen and oxygen atoms in total. The van der Waals surface area contributed by atoms with Gasteiger partial charge in [0.1, 0.15) is 0 Å². The van der Waals surface area contributed by atoms with Crippen LogP contribution in [0.15, 0.2) is 18.2 Å². The molecule has 0 spiro atoms. The first-order valence-corrected chi connectivity index (χ1v) is 4.49. The Labute approximate surface area is 86.1 Å². The maximum absolute atomic E-state index is 6.04. The molecule has 2 rings (SSSR count). The molecular weight excluding hydrogens is 200 g/mol. The highest BCUT2D eigenvalue weighted by atomic mass is 35.5. The molecule has 1 aromatic heterocycles. The molecule has 0 aliphatic rings. The predicted octanol–water partition coefficient (Wildman–Crippen LogP) is 2.02. The summed E-state index contributed by atoms with van der Waals surface area (Å²) in [5.74, 6) is 0.809. The van der Waals surface area contributed by atoms with Gasteiger partial charge in [-0.25, -0.2) is 0 Å². The number of hydrogen-bond acceptors (Lipinski definition) is 3. The summed E-state index contributed by atoms with van der Waals surface area (Å²) in [6, 6.07) is 5.72. The standard InChI is InChI=1S/C9H9ClN4/c1-5-2-3-6(7(10)4-5)8-12-9(11)14-13-8/h2-4H,1H3,(H3,11,12,13,14). The van der Waals surface area contributed by atoms with Crippen molar-refractivity contribution >= 4 is 17.5 Å². The molecule has 0 bridgehead atoms. The molecule has 1 aromatic carbocycles. The summed E-state index contributed by atoms with van der Waals surface area (Å²) in [6.45, 7) is 1.98. The van der Waals surface area contributed by atoms with E-state index < -0.39 is 0 Å². The number of hydrogen-bond donors (Lipinski definition) is 2. The molecule has 0 unspecified atom stereocenters. The van der Waals surface area contributed by atoms with Gasteiger partial charge in [-0.2, -0.15) is 4.98 Å². The molecule has 0 saturated heterocycles. The monoisotopic (exact) mass is 208 g/mol. The third-order valence-electron chi connectivity index (χ3n) is 1.88. The Hall–Kier alpha value is -1.55. The van der Waals surface area contributed by atoms with Gasteiger partial charge in [0.2, 0.25) is 5.95 Å². The van der Waals surface area contributed by atoms with E-state index in [1.54, 1.807) is 0 Å². The minimum absolute atomic E-state index is 0.219. The number of nitrogen functional groups attached to an aromatic ring is 1. The van der Waals surface area contributed by atoms with Crippen LogP contribution in [0.2, 0.25) is 5.02 Å². The Bertz CT molecular complexity index is 464. The second kappa shape index (κ2) is 3.31. The van der Waals surface area contributed by atoms with Crippen LogP contribution in [0.5, 0.6) is 0 Å². The average molecular weight is 209 g/mol. The molecule has 0 radical (unpaired) electrons. The van der Waals surface area contributed by atoms with E-state index >= 15 is 0 Å². The number of nitrogens with two attached hydrogens (primary N) is 1. The number of H-pyrrole nitrogens is 1. The van der Waals surface area contributed by atoms with Gasteiger partial charge in [-0.15, -0.1) is 5.10 Å². The van der Waals surface area contributed by atoms with Crippen LogP contribution in [0.4, 0.5) is 5.95 Å². The highest BCUT2D eigenvalue weighted by Crippen LogP contribution is 2.25. The molecule has 3 N–H and O–H groups in total. The number of anilines is 1. The van der Waals surface area contributed by atoms with Crippen molar-refractivity contribution in [2.75, 3.05) is 5.73 Å². The summed E-state index contributed by atoms with van der Waals surface area (Å²) in [5.41, 5.74) is 7.31. The minimum Gasteiger partial charge on any atom is -0.366 e. The Kier molecular flexibility index (Phi) is 2.13. The third-order valence-corrected chi connectivity index (χ3v) is 2.20. The van der Waals surface area contributed by atoms with Gasteiger partial charge in [0.05, 0.1) is 5.02 Å². The summed E-state index contributed by atoms with van der Waals surface area (Å²) in [4.78, 5) is 4.00. The van der Waals surface area contributed by atoms with Gasteiger partial charge < -0.3 is 5.73 Å². The zero-order valence-electron chi connectivity index (χ0n) is 7.58. The van der Waals surface area contributed by atoms with Crippen LogP contribution >= 0.6 is 11.6 Å². The van der Waals surface area contributed by atoms with Crippen LogP contribution in [-0.2, 0) is 0 Å². The largest absolute Gasteiger partial charge is 0.366 e. The summed E-state index contributed by atoms with van der Waals surface area (Å²) >= 11 is 6.04. The van der Waals surface area contributed by atoms with Crippen LogP contribution < -0.4 is 5.73 Å². The fraction of sp³-hybridized carbons (Fsp3) is 0.111. The normalized spacial score (nSPS) is 10.4. The first-order valence-electron chi connectivity index (χ1n) is 4.11. The number of nitrogens with zero attached hydrogens (tertiary/aromatic N) is 2. The first kappa shape index (κ1) is 9.02. The van der Waals surface area contributed by atoms with Crippen molar-refractivity contribution < 1.29 is 0 Å². The third kappa shape index (κ3) is 1.56. The predicted molar refractivity (Wildman–Crippen MR) is 56.0 cm³/mol. The maximum Gasteiger partial charge on any atom is 0.239 e. The fourth-order valence-electron chi connectivity index (χ4n) is 1.21. The smallest absolute Gasteiger partial charge is 0.239 e. The van der Waals surface area contributed by atoms with Gasteiger partial charge in [-0.1, -0.05) is 17.7 Å². The lowest BCUT2D eigenvalue weighted by Gasteiger charge is -2.00. The summed E-state index contributed by atoms with van der Waals surface area (Å²) < 4.78 is 0. The minimum atomic E-state index is 0.219. The molecular formula is C9H9ClN4. The molecule has 0 aliphatic heterocycles. The Morgan fingerprint density at radius 2 is 2.21 bits per heavy atom. The van der Waals surface area contributed by atoms with Crippen LogP contribution in [0.1, 0.15) is 5.56 Å². The number of rotatable bonds is 1. The van der Waals surface area contributed by atoms with Crippen LogP contribution in [0.25, 0.3) is 11.4 Å². The average Bonchev–Trinajstić information content (AvgIpc) is 2.51. The van der Waals surface area contributed by atoms with Gasteiger partial charge in [0.25, 0.3) is 0 Å². The van der Waals surface area contributed by atoms with E-state index in [0.717, 1.165) is 11.1 Å². The van der Waals surface area contributed by atoms with Crippen molar-refractivity contribution in [2.45, 2.75) is 6.92 Å². The SMILES string of the molecule is Cc1ccc(-c2nc(N)n[nH]2)c(Cl)c1.